The number of carboxylic acid groups (broad SMARTS) is 1. The SMILES string of the molecule is O=C(OCC[C@@H](COC(=O)c1ccccc1)C(=O)O)c1ccccc1. The van der Waals surface area contributed by atoms with E-state index in [0.29, 0.717) is 11.1 Å². The summed E-state index contributed by atoms with van der Waals surface area (Å²) in [5, 5.41) is 9.21. The van der Waals surface area contributed by atoms with Crippen LogP contribution in [0.15, 0.2) is 60.7 Å². The molecule has 0 aromatic heterocycles. The van der Waals surface area contributed by atoms with Crippen molar-refractivity contribution in [2.75, 3.05) is 13.2 Å². The summed E-state index contributed by atoms with van der Waals surface area (Å²) in [4.78, 5) is 34.9. The van der Waals surface area contributed by atoms with E-state index in [4.69, 9.17) is 9.47 Å². The molecule has 0 unspecified atom stereocenters. The van der Waals surface area contributed by atoms with Crippen molar-refractivity contribution < 1.29 is 29.0 Å². The Labute approximate surface area is 145 Å². The van der Waals surface area contributed by atoms with Gasteiger partial charge in [-0.15, -0.1) is 0 Å². The van der Waals surface area contributed by atoms with Crippen molar-refractivity contribution in [3.8, 4) is 0 Å². The van der Waals surface area contributed by atoms with Crippen molar-refractivity contribution in [1.82, 2.24) is 0 Å². The molecule has 0 bridgehead atoms. The number of carboxylic acids is 1. The summed E-state index contributed by atoms with van der Waals surface area (Å²) in [5.41, 5.74) is 0.743. The molecule has 1 atom stereocenters. The van der Waals surface area contributed by atoms with Crippen LogP contribution in [0.1, 0.15) is 27.1 Å². The zero-order valence-electron chi connectivity index (χ0n) is 13.5. The molecule has 0 aliphatic rings. The maximum absolute atomic E-state index is 11.8. The molecule has 0 saturated carbocycles. The lowest BCUT2D eigenvalue weighted by molar-refractivity contribution is -0.143. The third-order valence-corrected chi connectivity index (χ3v) is 3.48. The van der Waals surface area contributed by atoms with Crippen molar-refractivity contribution in [2.24, 2.45) is 5.92 Å². The molecule has 6 nitrogen and oxygen atoms in total. The Bertz CT molecular complexity index is 711. The second-order valence-electron chi connectivity index (χ2n) is 5.29. The van der Waals surface area contributed by atoms with Crippen molar-refractivity contribution in [3.05, 3.63) is 71.8 Å². The largest absolute Gasteiger partial charge is 0.481 e. The molecular weight excluding hydrogens is 324 g/mol. The quantitative estimate of drug-likeness (QED) is 0.742. The first-order valence-electron chi connectivity index (χ1n) is 7.75. The van der Waals surface area contributed by atoms with Crippen LogP contribution >= 0.6 is 0 Å². The molecule has 0 spiro atoms. The third-order valence-electron chi connectivity index (χ3n) is 3.48. The lowest BCUT2D eigenvalue weighted by Crippen LogP contribution is -2.24. The Morgan fingerprint density at radius 3 is 1.76 bits per heavy atom. The average Bonchev–Trinajstić information content (AvgIpc) is 2.65. The first-order chi connectivity index (χ1) is 12.1. The zero-order valence-corrected chi connectivity index (χ0v) is 13.5. The van der Waals surface area contributed by atoms with Crippen molar-refractivity contribution >= 4 is 17.9 Å². The number of hydrogen-bond acceptors (Lipinski definition) is 5. The number of esters is 2. The maximum atomic E-state index is 11.8. The van der Waals surface area contributed by atoms with Gasteiger partial charge in [0.05, 0.1) is 23.7 Å². The third kappa shape index (κ3) is 5.76. The highest BCUT2D eigenvalue weighted by Crippen LogP contribution is 2.09. The molecule has 0 aliphatic carbocycles. The van der Waals surface area contributed by atoms with Gasteiger partial charge in [-0.1, -0.05) is 36.4 Å². The summed E-state index contributed by atoms with van der Waals surface area (Å²) in [5.74, 6) is -3.17. The monoisotopic (exact) mass is 342 g/mol. The van der Waals surface area contributed by atoms with E-state index in [2.05, 4.69) is 0 Å². The van der Waals surface area contributed by atoms with Gasteiger partial charge in [0.15, 0.2) is 0 Å². The van der Waals surface area contributed by atoms with E-state index in [1.165, 1.54) is 0 Å². The molecular formula is C19H18O6. The summed E-state index contributed by atoms with van der Waals surface area (Å²) >= 11 is 0. The van der Waals surface area contributed by atoms with Crippen LogP contribution in [0.25, 0.3) is 0 Å². The van der Waals surface area contributed by atoms with E-state index in [1.54, 1.807) is 60.7 Å². The van der Waals surface area contributed by atoms with Crippen molar-refractivity contribution in [1.29, 1.82) is 0 Å². The van der Waals surface area contributed by atoms with Gasteiger partial charge in [0.25, 0.3) is 0 Å². The molecule has 2 rings (SSSR count). The zero-order chi connectivity index (χ0) is 18.1. The molecule has 0 heterocycles. The lowest BCUT2D eigenvalue weighted by atomic mass is 10.1. The molecule has 25 heavy (non-hydrogen) atoms. The Balaban J connectivity index is 1.80. The number of hydrogen-bond donors (Lipinski definition) is 1. The standard InChI is InChI=1S/C19H18O6/c20-17(21)16(13-25-19(23)15-9-5-2-6-10-15)11-12-24-18(22)14-7-3-1-4-8-14/h1-10,16H,11-13H2,(H,20,21)/t16-/m0/s1. The molecule has 0 saturated heterocycles. The van der Waals surface area contributed by atoms with Gasteiger partial charge in [-0.25, -0.2) is 9.59 Å². The van der Waals surface area contributed by atoms with Crippen LogP contribution < -0.4 is 0 Å². The van der Waals surface area contributed by atoms with E-state index >= 15 is 0 Å². The van der Waals surface area contributed by atoms with Gasteiger partial charge in [-0.05, 0) is 30.7 Å². The maximum Gasteiger partial charge on any atom is 0.338 e. The summed E-state index contributed by atoms with van der Waals surface area (Å²) in [6.07, 6.45) is 0.0516. The minimum absolute atomic E-state index is 0.0516. The van der Waals surface area contributed by atoms with Gasteiger partial charge in [0.2, 0.25) is 0 Å². The molecule has 130 valence electrons. The molecule has 0 fully saturated rings. The van der Waals surface area contributed by atoms with Gasteiger partial charge in [0, 0.05) is 0 Å². The Kier molecular flexibility index (Phi) is 6.71. The van der Waals surface area contributed by atoms with Crippen LogP contribution in [0.5, 0.6) is 0 Å². The number of carbonyl (C=O) groups excluding carboxylic acids is 2. The average molecular weight is 342 g/mol. The molecule has 1 N–H and O–H groups in total. The van der Waals surface area contributed by atoms with E-state index in [1.807, 2.05) is 0 Å². The number of ether oxygens (including phenoxy) is 2. The van der Waals surface area contributed by atoms with Gasteiger partial charge in [-0.2, -0.15) is 0 Å². The highest BCUT2D eigenvalue weighted by molar-refractivity contribution is 5.90. The fourth-order valence-electron chi connectivity index (χ4n) is 2.06. The molecule has 2 aromatic carbocycles. The number of benzene rings is 2. The molecule has 0 aliphatic heterocycles. The van der Waals surface area contributed by atoms with Gasteiger partial charge >= 0.3 is 17.9 Å². The van der Waals surface area contributed by atoms with Crippen LogP contribution in [0.4, 0.5) is 0 Å². The van der Waals surface area contributed by atoms with Gasteiger partial charge in [-0.3, -0.25) is 4.79 Å². The molecule has 0 amide bonds. The van der Waals surface area contributed by atoms with Crippen LogP contribution in [0.3, 0.4) is 0 Å². The van der Waals surface area contributed by atoms with E-state index in [0.717, 1.165) is 0 Å². The summed E-state index contributed by atoms with van der Waals surface area (Å²) in [6, 6.07) is 16.7. The normalized spacial score (nSPS) is 11.4. The molecule has 2 aromatic rings. The summed E-state index contributed by atoms with van der Waals surface area (Å²) < 4.78 is 10.1. The summed E-state index contributed by atoms with van der Waals surface area (Å²) in [7, 11) is 0. The highest BCUT2D eigenvalue weighted by atomic mass is 16.5. The Morgan fingerprint density at radius 2 is 1.28 bits per heavy atom. The topological polar surface area (TPSA) is 89.9 Å². The Morgan fingerprint density at radius 1 is 0.800 bits per heavy atom. The lowest BCUT2D eigenvalue weighted by Gasteiger charge is -2.13. The minimum Gasteiger partial charge on any atom is -0.481 e. The van der Waals surface area contributed by atoms with Crippen LogP contribution in [-0.2, 0) is 14.3 Å². The fraction of sp³-hybridized carbons (Fsp3) is 0.211. The first-order valence-corrected chi connectivity index (χ1v) is 7.75. The number of rotatable bonds is 8. The van der Waals surface area contributed by atoms with Gasteiger partial charge in [0.1, 0.15) is 6.61 Å². The van der Waals surface area contributed by atoms with Crippen LogP contribution in [-0.4, -0.2) is 36.2 Å². The van der Waals surface area contributed by atoms with Crippen molar-refractivity contribution in [2.45, 2.75) is 6.42 Å². The second kappa shape index (κ2) is 9.22. The number of aliphatic carboxylic acids is 1. The molecule has 0 radical (unpaired) electrons. The van der Waals surface area contributed by atoms with Crippen LogP contribution in [0.2, 0.25) is 0 Å². The summed E-state index contributed by atoms with van der Waals surface area (Å²) in [6.45, 7) is -0.362. The minimum atomic E-state index is -1.11. The Hall–Kier alpha value is -3.15. The van der Waals surface area contributed by atoms with Gasteiger partial charge < -0.3 is 14.6 Å². The van der Waals surface area contributed by atoms with Crippen molar-refractivity contribution in [3.63, 3.8) is 0 Å². The second-order valence-corrected chi connectivity index (χ2v) is 5.29. The highest BCUT2D eigenvalue weighted by Gasteiger charge is 2.21. The first kappa shape index (κ1) is 18.2. The van der Waals surface area contributed by atoms with Crippen LogP contribution in [0, 0.1) is 5.92 Å². The fourth-order valence-corrected chi connectivity index (χ4v) is 2.06. The van der Waals surface area contributed by atoms with E-state index in [-0.39, 0.29) is 19.6 Å². The smallest absolute Gasteiger partial charge is 0.338 e. The predicted octanol–water partition coefficient (Wildman–Crippen LogP) is 2.79. The molecule has 6 heteroatoms. The van der Waals surface area contributed by atoms with E-state index < -0.39 is 23.8 Å². The van der Waals surface area contributed by atoms with E-state index in [9.17, 15) is 19.5 Å². The predicted molar refractivity (Wildman–Crippen MR) is 89.2 cm³/mol. The number of carbonyl (C=O) groups is 3.